The first kappa shape index (κ1) is 22.0. The molecule has 0 saturated carbocycles. The quantitative estimate of drug-likeness (QED) is 0.771. The number of piperidine rings is 1. The van der Waals surface area contributed by atoms with Gasteiger partial charge in [0, 0.05) is 24.7 Å². The normalized spacial score (nSPS) is 19.8. The molecular formula is C17H29ClN2O4S. The molecule has 1 aliphatic heterocycles. The molecule has 1 aliphatic rings. The van der Waals surface area contributed by atoms with Crippen LogP contribution in [0, 0.1) is 0 Å². The van der Waals surface area contributed by atoms with E-state index in [-0.39, 0.29) is 29.4 Å². The van der Waals surface area contributed by atoms with Crippen LogP contribution in [0.15, 0.2) is 23.1 Å². The first-order valence-corrected chi connectivity index (χ1v) is 10.0. The number of hydrogen-bond donors (Lipinski definition) is 1. The van der Waals surface area contributed by atoms with E-state index in [2.05, 4.69) is 0 Å². The largest absolute Gasteiger partial charge is 0.490 e. The van der Waals surface area contributed by atoms with Crippen molar-refractivity contribution in [1.82, 2.24) is 4.31 Å². The fourth-order valence-corrected chi connectivity index (χ4v) is 4.87. The lowest BCUT2D eigenvalue weighted by Gasteiger charge is -2.36. The van der Waals surface area contributed by atoms with E-state index >= 15 is 0 Å². The van der Waals surface area contributed by atoms with Crippen molar-refractivity contribution in [3.05, 3.63) is 18.2 Å². The van der Waals surface area contributed by atoms with Crippen molar-refractivity contribution >= 4 is 22.4 Å². The second kappa shape index (κ2) is 9.62. The van der Waals surface area contributed by atoms with Crippen LogP contribution in [0.1, 0.15) is 40.0 Å². The second-order valence-electron chi connectivity index (χ2n) is 6.01. The predicted molar refractivity (Wildman–Crippen MR) is 101 cm³/mol. The smallest absolute Gasteiger partial charge is 0.243 e. The Morgan fingerprint density at radius 2 is 1.84 bits per heavy atom. The summed E-state index contributed by atoms with van der Waals surface area (Å²) in [4.78, 5) is 0.224. The SMILES string of the molecule is CCOc1ccc(S(=O)(=O)N2CCCCC2C(C)N)cc1OCC.Cl. The highest BCUT2D eigenvalue weighted by molar-refractivity contribution is 7.89. The van der Waals surface area contributed by atoms with E-state index in [4.69, 9.17) is 15.2 Å². The molecule has 0 aromatic heterocycles. The van der Waals surface area contributed by atoms with Crippen LogP contribution in [0.3, 0.4) is 0 Å². The van der Waals surface area contributed by atoms with E-state index in [1.54, 1.807) is 22.5 Å². The van der Waals surface area contributed by atoms with E-state index in [1.807, 2.05) is 20.8 Å². The zero-order chi connectivity index (χ0) is 17.7. The number of hydrogen-bond acceptors (Lipinski definition) is 5. The molecule has 1 fully saturated rings. The van der Waals surface area contributed by atoms with Gasteiger partial charge in [-0.3, -0.25) is 0 Å². The van der Waals surface area contributed by atoms with E-state index < -0.39 is 10.0 Å². The van der Waals surface area contributed by atoms with Crippen LogP contribution in [-0.4, -0.2) is 44.6 Å². The topological polar surface area (TPSA) is 81.9 Å². The highest BCUT2D eigenvalue weighted by Crippen LogP contribution is 2.33. The number of ether oxygens (including phenoxy) is 2. The second-order valence-corrected chi connectivity index (χ2v) is 7.90. The monoisotopic (exact) mass is 392 g/mol. The van der Waals surface area contributed by atoms with Crippen LogP contribution in [0.4, 0.5) is 0 Å². The molecular weight excluding hydrogens is 364 g/mol. The molecule has 0 spiro atoms. The Balaban J connectivity index is 0.00000312. The number of nitrogens with two attached hydrogens (primary N) is 1. The van der Waals surface area contributed by atoms with Gasteiger partial charge in [0.05, 0.1) is 18.1 Å². The molecule has 144 valence electrons. The minimum atomic E-state index is -3.61. The molecule has 8 heteroatoms. The van der Waals surface area contributed by atoms with Crippen molar-refractivity contribution < 1.29 is 17.9 Å². The summed E-state index contributed by atoms with van der Waals surface area (Å²) in [5.41, 5.74) is 6.02. The lowest BCUT2D eigenvalue weighted by atomic mass is 10.00. The minimum absolute atomic E-state index is 0. The average molecular weight is 393 g/mol. The Labute approximate surface area is 157 Å². The van der Waals surface area contributed by atoms with Gasteiger partial charge in [-0.2, -0.15) is 4.31 Å². The zero-order valence-electron chi connectivity index (χ0n) is 15.1. The number of nitrogens with zero attached hydrogens (tertiary/aromatic N) is 1. The Morgan fingerprint density at radius 1 is 1.20 bits per heavy atom. The molecule has 6 nitrogen and oxygen atoms in total. The molecule has 1 aromatic rings. The van der Waals surface area contributed by atoms with Crippen LogP contribution in [0.2, 0.25) is 0 Å². The van der Waals surface area contributed by atoms with Crippen molar-refractivity contribution in [2.24, 2.45) is 5.73 Å². The minimum Gasteiger partial charge on any atom is -0.490 e. The molecule has 1 saturated heterocycles. The van der Waals surface area contributed by atoms with Gasteiger partial charge in [0.2, 0.25) is 10.0 Å². The fraction of sp³-hybridized carbons (Fsp3) is 0.647. The van der Waals surface area contributed by atoms with Gasteiger partial charge >= 0.3 is 0 Å². The Hall–Kier alpha value is -1.02. The maximum Gasteiger partial charge on any atom is 0.243 e. The molecule has 1 aromatic carbocycles. The summed E-state index contributed by atoms with van der Waals surface area (Å²) >= 11 is 0. The zero-order valence-corrected chi connectivity index (χ0v) is 16.7. The molecule has 0 amide bonds. The van der Waals surface area contributed by atoms with Gasteiger partial charge < -0.3 is 15.2 Å². The number of sulfonamides is 1. The van der Waals surface area contributed by atoms with Crippen molar-refractivity contribution in [3.63, 3.8) is 0 Å². The van der Waals surface area contributed by atoms with Crippen LogP contribution in [0.5, 0.6) is 11.5 Å². The molecule has 2 rings (SSSR count). The third kappa shape index (κ3) is 5.00. The third-order valence-electron chi connectivity index (χ3n) is 4.23. The van der Waals surface area contributed by atoms with Crippen molar-refractivity contribution in [2.45, 2.75) is 57.0 Å². The Kier molecular flexibility index (Phi) is 8.47. The first-order valence-electron chi connectivity index (χ1n) is 8.58. The van der Waals surface area contributed by atoms with E-state index in [9.17, 15) is 8.42 Å². The molecule has 0 bridgehead atoms. The first-order chi connectivity index (χ1) is 11.4. The Bertz CT molecular complexity index is 652. The van der Waals surface area contributed by atoms with Crippen LogP contribution in [0.25, 0.3) is 0 Å². The molecule has 0 radical (unpaired) electrons. The van der Waals surface area contributed by atoms with Gasteiger partial charge in [0.25, 0.3) is 0 Å². The molecule has 2 atom stereocenters. The highest BCUT2D eigenvalue weighted by atomic mass is 35.5. The van der Waals surface area contributed by atoms with Crippen LogP contribution >= 0.6 is 12.4 Å². The van der Waals surface area contributed by atoms with Gasteiger partial charge in [-0.25, -0.2) is 8.42 Å². The standard InChI is InChI=1S/C17H28N2O4S.ClH/c1-4-22-16-10-9-14(12-17(16)23-5-2)24(20,21)19-11-7-6-8-15(19)13(3)18;/h9-10,12-13,15H,4-8,11,18H2,1-3H3;1H. The predicted octanol–water partition coefficient (Wildman–Crippen LogP) is 2.80. The van der Waals surface area contributed by atoms with Gasteiger partial charge in [-0.15, -0.1) is 12.4 Å². The molecule has 2 N–H and O–H groups in total. The molecule has 2 unspecified atom stereocenters. The van der Waals surface area contributed by atoms with Crippen molar-refractivity contribution in [1.29, 1.82) is 0 Å². The summed E-state index contributed by atoms with van der Waals surface area (Å²) < 4.78 is 38.8. The summed E-state index contributed by atoms with van der Waals surface area (Å²) in [7, 11) is -3.61. The summed E-state index contributed by atoms with van der Waals surface area (Å²) in [6.07, 6.45) is 2.66. The number of halogens is 1. The van der Waals surface area contributed by atoms with Gasteiger partial charge in [0.1, 0.15) is 0 Å². The maximum atomic E-state index is 13.1. The molecule has 1 heterocycles. The van der Waals surface area contributed by atoms with Crippen LogP contribution < -0.4 is 15.2 Å². The van der Waals surface area contributed by atoms with Crippen molar-refractivity contribution in [3.8, 4) is 11.5 Å². The average Bonchev–Trinajstić information content (AvgIpc) is 2.56. The highest BCUT2D eigenvalue weighted by Gasteiger charge is 2.35. The van der Waals surface area contributed by atoms with Gasteiger partial charge in [-0.1, -0.05) is 6.42 Å². The number of rotatable bonds is 7. The van der Waals surface area contributed by atoms with E-state index in [1.165, 1.54) is 0 Å². The molecule has 0 aliphatic carbocycles. The molecule has 25 heavy (non-hydrogen) atoms. The summed E-state index contributed by atoms with van der Waals surface area (Å²) in [6.45, 7) is 7.03. The third-order valence-corrected chi connectivity index (χ3v) is 6.15. The lowest BCUT2D eigenvalue weighted by molar-refractivity contribution is 0.227. The lowest BCUT2D eigenvalue weighted by Crippen LogP contribution is -2.51. The van der Waals surface area contributed by atoms with E-state index in [0.29, 0.717) is 31.3 Å². The Morgan fingerprint density at radius 3 is 2.44 bits per heavy atom. The number of benzene rings is 1. The fourth-order valence-electron chi connectivity index (χ4n) is 3.08. The van der Waals surface area contributed by atoms with E-state index in [0.717, 1.165) is 19.3 Å². The van der Waals surface area contributed by atoms with Crippen molar-refractivity contribution in [2.75, 3.05) is 19.8 Å². The summed E-state index contributed by atoms with van der Waals surface area (Å²) in [5.74, 6) is 1.01. The van der Waals surface area contributed by atoms with Gasteiger partial charge in [0.15, 0.2) is 11.5 Å². The van der Waals surface area contributed by atoms with Crippen LogP contribution in [-0.2, 0) is 10.0 Å². The summed E-state index contributed by atoms with van der Waals surface area (Å²) in [5, 5.41) is 0. The summed E-state index contributed by atoms with van der Waals surface area (Å²) in [6, 6.07) is 4.43. The van der Waals surface area contributed by atoms with Gasteiger partial charge in [-0.05, 0) is 45.7 Å². The maximum absolute atomic E-state index is 13.1.